The molecular formula is C15H12F2N2O4S. The third-order valence-electron chi connectivity index (χ3n) is 2.76. The van der Waals surface area contributed by atoms with Crippen LogP contribution in [0.15, 0.2) is 53.4 Å². The number of halogens is 2. The molecular weight excluding hydrogens is 342 g/mol. The zero-order chi connectivity index (χ0) is 17.5. The van der Waals surface area contributed by atoms with Gasteiger partial charge >= 0.3 is 0 Å². The minimum absolute atomic E-state index is 0.139. The number of amides is 1. The Hall–Kier alpha value is -2.68. The quantitative estimate of drug-likeness (QED) is 0.463. The Morgan fingerprint density at radius 1 is 1.25 bits per heavy atom. The van der Waals surface area contributed by atoms with E-state index in [-0.39, 0.29) is 18.0 Å². The summed E-state index contributed by atoms with van der Waals surface area (Å²) in [5.41, 5.74) is 0.293. The molecule has 0 bridgehead atoms. The van der Waals surface area contributed by atoms with Gasteiger partial charge in [0.25, 0.3) is 17.4 Å². The molecule has 0 saturated carbocycles. The van der Waals surface area contributed by atoms with Crippen molar-refractivity contribution in [2.75, 3.05) is 11.9 Å². The van der Waals surface area contributed by atoms with Gasteiger partial charge in [0, 0.05) is 16.6 Å². The number of ether oxygens (including phenoxy) is 1. The molecule has 0 heterocycles. The van der Waals surface area contributed by atoms with Crippen molar-refractivity contribution in [3.8, 4) is 5.75 Å². The second-order valence-corrected chi connectivity index (χ2v) is 5.56. The highest BCUT2D eigenvalue weighted by Gasteiger charge is 2.09. The summed E-state index contributed by atoms with van der Waals surface area (Å²) in [4.78, 5) is 22.2. The number of nitrogens with zero attached hydrogens (tertiary/aromatic N) is 1. The van der Waals surface area contributed by atoms with E-state index < -0.39 is 16.6 Å². The van der Waals surface area contributed by atoms with Crippen LogP contribution in [-0.2, 0) is 4.79 Å². The number of benzene rings is 2. The minimum Gasteiger partial charge on any atom is -0.484 e. The summed E-state index contributed by atoms with van der Waals surface area (Å²) >= 11 is 0.411. The van der Waals surface area contributed by atoms with Crippen LogP contribution >= 0.6 is 11.8 Å². The number of nitro groups is 1. The number of nitro benzene ring substituents is 1. The van der Waals surface area contributed by atoms with E-state index >= 15 is 0 Å². The standard InChI is InChI=1S/C15H12F2N2O4S/c16-15(17)24-13-6-4-10(5-7-13)18-14(20)9-23-12-3-1-2-11(8-12)19(21)22/h1-8,15H,9H2,(H,18,20). The molecule has 0 unspecified atom stereocenters. The molecule has 0 atom stereocenters. The lowest BCUT2D eigenvalue weighted by Gasteiger charge is -2.08. The van der Waals surface area contributed by atoms with Crippen molar-refractivity contribution in [1.82, 2.24) is 0 Å². The van der Waals surface area contributed by atoms with Crippen LogP contribution < -0.4 is 10.1 Å². The summed E-state index contributed by atoms with van der Waals surface area (Å²) in [5, 5.41) is 13.2. The van der Waals surface area contributed by atoms with E-state index in [1.165, 1.54) is 48.5 Å². The van der Waals surface area contributed by atoms with Crippen LogP contribution in [0.5, 0.6) is 5.75 Å². The second kappa shape index (κ2) is 8.25. The number of anilines is 1. The molecule has 6 nitrogen and oxygen atoms in total. The molecule has 0 aromatic heterocycles. The lowest BCUT2D eigenvalue weighted by molar-refractivity contribution is -0.384. The number of carbonyl (C=O) groups is 1. The number of non-ortho nitro benzene ring substituents is 1. The van der Waals surface area contributed by atoms with Gasteiger partial charge in [-0.25, -0.2) is 0 Å². The summed E-state index contributed by atoms with van der Waals surface area (Å²) in [6.07, 6.45) is 0. The Balaban J connectivity index is 1.87. The minimum atomic E-state index is -2.51. The Labute approximate surface area is 140 Å². The first-order chi connectivity index (χ1) is 11.4. The highest BCUT2D eigenvalue weighted by Crippen LogP contribution is 2.26. The molecule has 0 aliphatic heterocycles. The molecule has 1 amide bonds. The Bertz CT molecular complexity index is 726. The topological polar surface area (TPSA) is 81.5 Å². The maximum atomic E-state index is 12.2. The molecule has 0 radical (unpaired) electrons. The van der Waals surface area contributed by atoms with Crippen LogP contribution in [0.4, 0.5) is 20.2 Å². The molecule has 2 aromatic carbocycles. The summed E-state index contributed by atoms with van der Waals surface area (Å²) in [5.74, 6) is -2.78. The van der Waals surface area contributed by atoms with Crippen molar-refractivity contribution >= 4 is 29.0 Å². The maximum absolute atomic E-state index is 12.2. The van der Waals surface area contributed by atoms with Crippen LogP contribution in [0, 0.1) is 10.1 Å². The van der Waals surface area contributed by atoms with Crippen molar-refractivity contribution in [2.45, 2.75) is 10.7 Å². The summed E-state index contributed by atoms with van der Waals surface area (Å²) < 4.78 is 29.6. The van der Waals surface area contributed by atoms with Gasteiger partial charge in [0.2, 0.25) is 0 Å². The van der Waals surface area contributed by atoms with Gasteiger partial charge in [0.15, 0.2) is 6.61 Å². The number of carbonyl (C=O) groups excluding carboxylic acids is 1. The smallest absolute Gasteiger partial charge is 0.288 e. The van der Waals surface area contributed by atoms with Crippen molar-refractivity contribution in [2.24, 2.45) is 0 Å². The first-order valence-corrected chi connectivity index (χ1v) is 7.54. The SMILES string of the molecule is O=C(COc1cccc([N+](=O)[O-])c1)Nc1ccc(SC(F)F)cc1. The van der Waals surface area contributed by atoms with E-state index in [2.05, 4.69) is 5.32 Å². The summed E-state index contributed by atoms with van der Waals surface area (Å²) in [6, 6.07) is 11.4. The molecule has 0 aliphatic rings. The van der Waals surface area contributed by atoms with Gasteiger partial charge in [-0.05, 0) is 30.3 Å². The van der Waals surface area contributed by atoms with Gasteiger partial charge in [0.1, 0.15) is 5.75 Å². The number of nitrogens with one attached hydrogen (secondary N) is 1. The zero-order valence-electron chi connectivity index (χ0n) is 12.1. The lowest BCUT2D eigenvalue weighted by atomic mass is 10.3. The van der Waals surface area contributed by atoms with Gasteiger partial charge < -0.3 is 10.1 Å². The number of hydrogen-bond donors (Lipinski definition) is 1. The van der Waals surface area contributed by atoms with Crippen LogP contribution in [-0.4, -0.2) is 23.2 Å². The zero-order valence-corrected chi connectivity index (χ0v) is 13.0. The van der Waals surface area contributed by atoms with E-state index in [1.807, 2.05) is 0 Å². The highest BCUT2D eigenvalue weighted by molar-refractivity contribution is 7.99. The van der Waals surface area contributed by atoms with Crippen LogP contribution in [0.25, 0.3) is 0 Å². The first-order valence-electron chi connectivity index (χ1n) is 6.66. The fourth-order valence-corrected chi connectivity index (χ4v) is 2.25. The molecule has 0 saturated heterocycles. The predicted octanol–water partition coefficient (Wildman–Crippen LogP) is 3.93. The molecule has 0 aliphatic carbocycles. The van der Waals surface area contributed by atoms with Gasteiger partial charge in [-0.15, -0.1) is 0 Å². The Kier molecular flexibility index (Phi) is 6.07. The van der Waals surface area contributed by atoms with Crippen LogP contribution in [0.2, 0.25) is 0 Å². The highest BCUT2D eigenvalue weighted by atomic mass is 32.2. The summed E-state index contributed by atoms with van der Waals surface area (Å²) in [7, 11) is 0. The number of rotatable bonds is 7. The largest absolute Gasteiger partial charge is 0.484 e. The lowest BCUT2D eigenvalue weighted by Crippen LogP contribution is -2.20. The molecule has 1 N–H and O–H groups in total. The average Bonchev–Trinajstić information content (AvgIpc) is 2.54. The van der Waals surface area contributed by atoms with Crippen LogP contribution in [0.1, 0.15) is 0 Å². The van der Waals surface area contributed by atoms with E-state index in [1.54, 1.807) is 0 Å². The number of thioether (sulfide) groups is 1. The third-order valence-corrected chi connectivity index (χ3v) is 3.48. The average molecular weight is 354 g/mol. The predicted molar refractivity (Wildman–Crippen MR) is 85.5 cm³/mol. The third kappa shape index (κ3) is 5.51. The molecule has 126 valence electrons. The van der Waals surface area contributed by atoms with Gasteiger partial charge in [0.05, 0.1) is 11.0 Å². The number of hydrogen-bond acceptors (Lipinski definition) is 5. The Morgan fingerprint density at radius 3 is 2.58 bits per heavy atom. The van der Waals surface area contributed by atoms with Crippen molar-refractivity contribution < 1.29 is 23.2 Å². The van der Waals surface area contributed by atoms with E-state index in [4.69, 9.17) is 4.74 Å². The molecule has 9 heteroatoms. The fourth-order valence-electron chi connectivity index (χ4n) is 1.75. The number of alkyl halides is 2. The van der Waals surface area contributed by atoms with Gasteiger partial charge in [-0.2, -0.15) is 8.78 Å². The monoisotopic (exact) mass is 354 g/mol. The fraction of sp³-hybridized carbons (Fsp3) is 0.133. The second-order valence-electron chi connectivity index (χ2n) is 4.49. The normalized spacial score (nSPS) is 10.5. The molecule has 2 rings (SSSR count). The van der Waals surface area contributed by atoms with Crippen molar-refractivity contribution in [3.05, 3.63) is 58.6 Å². The Morgan fingerprint density at radius 2 is 1.96 bits per heavy atom. The van der Waals surface area contributed by atoms with Crippen molar-refractivity contribution in [3.63, 3.8) is 0 Å². The molecule has 24 heavy (non-hydrogen) atoms. The van der Waals surface area contributed by atoms with E-state index in [0.717, 1.165) is 0 Å². The van der Waals surface area contributed by atoms with Gasteiger partial charge in [-0.3, -0.25) is 14.9 Å². The molecule has 2 aromatic rings. The summed E-state index contributed by atoms with van der Waals surface area (Å²) in [6.45, 7) is -0.339. The first kappa shape index (κ1) is 17.7. The van der Waals surface area contributed by atoms with Crippen molar-refractivity contribution in [1.29, 1.82) is 0 Å². The van der Waals surface area contributed by atoms with Gasteiger partial charge in [-0.1, -0.05) is 17.8 Å². The van der Waals surface area contributed by atoms with E-state index in [9.17, 15) is 23.7 Å². The molecule has 0 spiro atoms. The maximum Gasteiger partial charge on any atom is 0.288 e. The van der Waals surface area contributed by atoms with E-state index in [0.29, 0.717) is 22.3 Å². The molecule has 0 fully saturated rings. The van der Waals surface area contributed by atoms with Crippen LogP contribution in [0.3, 0.4) is 0 Å².